The molecule has 2 aliphatic heterocycles. The summed E-state index contributed by atoms with van der Waals surface area (Å²) in [4.78, 5) is 12.5. The van der Waals surface area contributed by atoms with E-state index < -0.39 is 21.7 Å². The van der Waals surface area contributed by atoms with Crippen molar-refractivity contribution in [3.05, 3.63) is 28.8 Å². The minimum Gasteiger partial charge on any atom is -0.347 e. The van der Waals surface area contributed by atoms with Crippen LogP contribution >= 0.6 is 11.6 Å². The van der Waals surface area contributed by atoms with Gasteiger partial charge < -0.3 is 14.8 Å². The normalized spacial score (nSPS) is 23.3. The van der Waals surface area contributed by atoms with E-state index >= 15 is 0 Å². The van der Waals surface area contributed by atoms with Gasteiger partial charge in [-0.2, -0.15) is 4.31 Å². The van der Waals surface area contributed by atoms with Gasteiger partial charge in [0.1, 0.15) is 4.90 Å². The van der Waals surface area contributed by atoms with Crippen molar-refractivity contribution in [2.45, 2.75) is 37.4 Å². The van der Waals surface area contributed by atoms with Crippen LogP contribution in [0.1, 0.15) is 37.0 Å². The monoisotopic (exact) mass is 416 g/mol. The number of rotatable bonds is 5. The molecule has 3 rings (SSSR count). The lowest BCUT2D eigenvalue weighted by Gasteiger charge is -2.30. The van der Waals surface area contributed by atoms with Gasteiger partial charge in [-0.25, -0.2) is 8.42 Å². The predicted octanol–water partition coefficient (Wildman–Crippen LogP) is 2.25. The number of hydrogen-bond acceptors (Lipinski definition) is 5. The quantitative estimate of drug-likeness (QED) is 0.795. The van der Waals surface area contributed by atoms with E-state index in [4.69, 9.17) is 21.1 Å². The molecule has 0 aliphatic carbocycles. The molecule has 2 saturated heterocycles. The van der Waals surface area contributed by atoms with Crippen LogP contribution in [0, 0.1) is 5.92 Å². The Balaban J connectivity index is 1.78. The first-order valence-corrected chi connectivity index (χ1v) is 10.9. The fourth-order valence-corrected chi connectivity index (χ4v) is 5.45. The van der Waals surface area contributed by atoms with E-state index in [2.05, 4.69) is 5.32 Å². The van der Waals surface area contributed by atoms with Gasteiger partial charge in [0, 0.05) is 18.7 Å². The maximum atomic E-state index is 13.0. The summed E-state index contributed by atoms with van der Waals surface area (Å²) in [6, 6.07) is 4.29. The van der Waals surface area contributed by atoms with E-state index in [9.17, 15) is 13.2 Å². The van der Waals surface area contributed by atoms with Crippen molar-refractivity contribution in [3.8, 4) is 0 Å². The Morgan fingerprint density at radius 2 is 2.07 bits per heavy atom. The second kappa shape index (κ2) is 8.05. The number of amides is 1. The number of sulfonamides is 1. The molecule has 27 heavy (non-hydrogen) atoms. The Hall–Kier alpha value is -1.19. The van der Waals surface area contributed by atoms with Gasteiger partial charge in [-0.1, -0.05) is 18.5 Å². The third kappa shape index (κ3) is 4.63. The van der Waals surface area contributed by atoms with Gasteiger partial charge in [-0.15, -0.1) is 0 Å². The van der Waals surface area contributed by atoms with Crippen molar-refractivity contribution >= 4 is 27.5 Å². The van der Waals surface area contributed by atoms with E-state index in [1.54, 1.807) is 6.92 Å². The number of carbonyl (C=O) groups excluding carboxylic acids is 1. The van der Waals surface area contributed by atoms with E-state index in [0.717, 1.165) is 12.8 Å². The smallest absolute Gasteiger partial charge is 0.251 e. The molecule has 0 saturated carbocycles. The highest BCUT2D eigenvalue weighted by atomic mass is 35.5. The first-order valence-electron chi connectivity index (χ1n) is 9.07. The summed E-state index contributed by atoms with van der Waals surface area (Å²) in [7, 11) is -3.75. The molecular formula is C18H25ClN2O5S. The van der Waals surface area contributed by atoms with Gasteiger partial charge in [-0.3, -0.25) is 4.79 Å². The van der Waals surface area contributed by atoms with Gasteiger partial charge in [0.25, 0.3) is 5.91 Å². The second-order valence-corrected chi connectivity index (χ2v) is 9.58. The molecule has 2 heterocycles. The maximum absolute atomic E-state index is 13.0. The number of piperidine rings is 1. The Morgan fingerprint density at radius 3 is 2.74 bits per heavy atom. The summed E-state index contributed by atoms with van der Waals surface area (Å²) in [6.45, 7) is 5.82. The highest BCUT2D eigenvalue weighted by molar-refractivity contribution is 7.89. The van der Waals surface area contributed by atoms with Gasteiger partial charge in [0.05, 0.1) is 24.8 Å². The molecule has 0 bridgehead atoms. The number of hydrogen-bond donors (Lipinski definition) is 1. The summed E-state index contributed by atoms with van der Waals surface area (Å²) in [5.41, 5.74) is 0.227. The van der Waals surface area contributed by atoms with Gasteiger partial charge in [-0.05, 0) is 43.9 Å². The summed E-state index contributed by atoms with van der Waals surface area (Å²) in [5.74, 6) is -0.970. The number of ether oxygens (including phenoxy) is 2. The molecule has 1 aromatic carbocycles. The molecule has 1 atom stereocenters. The zero-order valence-electron chi connectivity index (χ0n) is 15.5. The van der Waals surface area contributed by atoms with Crippen LogP contribution in [0.15, 0.2) is 23.1 Å². The average Bonchev–Trinajstić information content (AvgIpc) is 3.07. The Labute approximate surface area is 165 Å². The molecule has 1 unspecified atom stereocenters. The van der Waals surface area contributed by atoms with Crippen LogP contribution in [0.5, 0.6) is 0 Å². The van der Waals surface area contributed by atoms with Crippen LogP contribution in [0.2, 0.25) is 5.02 Å². The fraction of sp³-hybridized carbons (Fsp3) is 0.611. The molecule has 9 heteroatoms. The van der Waals surface area contributed by atoms with Gasteiger partial charge in [0.2, 0.25) is 10.0 Å². The largest absolute Gasteiger partial charge is 0.347 e. The lowest BCUT2D eigenvalue weighted by atomic mass is 10.0. The standard InChI is InChI=1S/C18H25ClN2O5S/c1-13-4-3-7-21(11-13)27(23,24)16-10-14(5-6-15(16)19)17(22)20-12-18(2)25-8-9-26-18/h5-6,10,13H,3-4,7-9,11-12H2,1-2H3,(H,20,22). The Kier molecular flexibility index (Phi) is 6.12. The molecule has 1 aromatic rings. The predicted molar refractivity (Wildman–Crippen MR) is 101 cm³/mol. The minimum absolute atomic E-state index is 0.0366. The molecule has 1 amide bonds. The molecule has 0 aromatic heterocycles. The average molecular weight is 417 g/mol. The van der Waals surface area contributed by atoms with Crippen molar-refractivity contribution in [2.24, 2.45) is 5.92 Å². The summed E-state index contributed by atoms with van der Waals surface area (Å²) < 4.78 is 38.4. The summed E-state index contributed by atoms with van der Waals surface area (Å²) in [5, 5.41) is 2.84. The Morgan fingerprint density at radius 1 is 1.37 bits per heavy atom. The van der Waals surface area contributed by atoms with E-state index in [-0.39, 0.29) is 22.0 Å². The lowest BCUT2D eigenvalue weighted by Crippen LogP contribution is -2.41. The highest BCUT2D eigenvalue weighted by Crippen LogP contribution is 2.29. The third-order valence-electron chi connectivity index (χ3n) is 4.90. The first kappa shape index (κ1) is 20.5. The number of carbonyl (C=O) groups is 1. The molecule has 2 aliphatic rings. The lowest BCUT2D eigenvalue weighted by molar-refractivity contribution is -0.136. The second-order valence-electron chi connectivity index (χ2n) is 7.27. The van der Waals surface area contributed by atoms with E-state index in [1.807, 2.05) is 6.92 Å². The minimum atomic E-state index is -3.75. The van der Waals surface area contributed by atoms with E-state index in [0.29, 0.717) is 32.2 Å². The van der Waals surface area contributed by atoms with E-state index in [1.165, 1.54) is 22.5 Å². The zero-order valence-corrected chi connectivity index (χ0v) is 17.1. The molecular weight excluding hydrogens is 392 g/mol. The number of halogens is 1. The number of benzene rings is 1. The molecule has 0 spiro atoms. The van der Waals surface area contributed by atoms with Crippen molar-refractivity contribution < 1.29 is 22.7 Å². The third-order valence-corrected chi connectivity index (χ3v) is 7.25. The van der Waals surface area contributed by atoms with Crippen LogP contribution in [-0.4, -0.2) is 57.3 Å². The van der Waals surface area contributed by atoms with Crippen molar-refractivity contribution in [1.82, 2.24) is 9.62 Å². The summed E-state index contributed by atoms with van der Waals surface area (Å²) >= 11 is 6.17. The topological polar surface area (TPSA) is 84.9 Å². The molecule has 2 fully saturated rings. The van der Waals surface area contributed by atoms with Crippen molar-refractivity contribution in [1.29, 1.82) is 0 Å². The zero-order chi connectivity index (χ0) is 19.7. The molecule has 150 valence electrons. The molecule has 7 nitrogen and oxygen atoms in total. The molecule has 1 N–H and O–H groups in total. The summed E-state index contributed by atoms with van der Waals surface area (Å²) in [6.07, 6.45) is 1.82. The molecule has 0 radical (unpaired) electrons. The fourth-order valence-electron chi connectivity index (χ4n) is 3.35. The van der Waals surface area contributed by atoms with Crippen molar-refractivity contribution in [2.75, 3.05) is 32.8 Å². The first-order chi connectivity index (χ1) is 12.7. The van der Waals surface area contributed by atoms with Crippen LogP contribution < -0.4 is 5.32 Å². The maximum Gasteiger partial charge on any atom is 0.251 e. The number of nitrogens with one attached hydrogen (secondary N) is 1. The van der Waals surface area contributed by atoms with Gasteiger partial charge >= 0.3 is 0 Å². The van der Waals surface area contributed by atoms with Gasteiger partial charge in [0.15, 0.2) is 5.79 Å². The Bertz CT molecular complexity index is 808. The van der Waals surface area contributed by atoms with Crippen molar-refractivity contribution in [3.63, 3.8) is 0 Å². The van der Waals surface area contributed by atoms with Crippen LogP contribution in [0.4, 0.5) is 0 Å². The van der Waals surface area contributed by atoms with Crippen LogP contribution in [0.25, 0.3) is 0 Å². The number of nitrogens with zero attached hydrogens (tertiary/aromatic N) is 1. The highest BCUT2D eigenvalue weighted by Gasteiger charge is 2.33. The van der Waals surface area contributed by atoms with Crippen LogP contribution in [-0.2, 0) is 19.5 Å². The van der Waals surface area contributed by atoms with Crippen LogP contribution in [0.3, 0.4) is 0 Å². The SMILES string of the molecule is CC1CCCN(S(=O)(=O)c2cc(C(=O)NCC3(C)OCCO3)ccc2Cl)C1.